The highest BCUT2D eigenvalue weighted by molar-refractivity contribution is 7.90. The fourth-order valence-electron chi connectivity index (χ4n) is 2.75. The molecule has 2 atom stereocenters. The zero-order valence-corrected chi connectivity index (χ0v) is 13.3. The Hall–Kier alpha value is -0.870. The third kappa shape index (κ3) is 4.05. The Bertz CT molecular complexity index is 509. The average Bonchev–Trinajstić information content (AvgIpc) is 2.28. The Labute approximate surface area is 117 Å². The van der Waals surface area contributed by atoms with Gasteiger partial charge in [0, 0.05) is 18.2 Å². The van der Waals surface area contributed by atoms with E-state index in [-0.39, 0.29) is 12.0 Å². The molecule has 4 heteroatoms. The highest BCUT2D eigenvalue weighted by Gasteiger charge is 2.26. The quantitative estimate of drug-likeness (QED) is 0.873. The number of nitrogens with one attached hydrogen (secondary N) is 1. The van der Waals surface area contributed by atoms with Crippen LogP contribution in [0, 0.1) is 5.92 Å². The van der Waals surface area contributed by atoms with E-state index >= 15 is 0 Å². The maximum atomic E-state index is 11.9. The van der Waals surface area contributed by atoms with Gasteiger partial charge in [-0.05, 0) is 31.0 Å². The van der Waals surface area contributed by atoms with E-state index in [2.05, 4.69) is 33.0 Å². The van der Waals surface area contributed by atoms with Gasteiger partial charge < -0.3 is 5.32 Å². The van der Waals surface area contributed by atoms with Crippen LogP contribution in [0.4, 0.5) is 0 Å². The zero-order valence-electron chi connectivity index (χ0n) is 12.5. The van der Waals surface area contributed by atoms with Gasteiger partial charge >= 0.3 is 0 Å². The molecule has 0 heterocycles. The van der Waals surface area contributed by atoms with E-state index in [0.29, 0.717) is 10.8 Å². The number of benzene rings is 1. The molecule has 1 aromatic rings. The number of hydrogen-bond acceptors (Lipinski definition) is 3. The van der Waals surface area contributed by atoms with Crippen LogP contribution in [0.3, 0.4) is 0 Å². The Morgan fingerprint density at radius 1 is 1.16 bits per heavy atom. The van der Waals surface area contributed by atoms with Crippen LogP contribution in [0.25, 0.3) is 0 Å². The Morgan fingerprint density at radius 2 is 1.74 bits per heavy atom. The SMILES string of the molecule is CCNC(C)C(c1ccccc1S(C)(=O)=O)C(C)C. The van der Waals surface area contributed by atoms with Gasteiger partial charge in [0.1, 0.15) is 0 Å². The van der Waals surface area contributed by atoms with Crippen LogP contribution in [0.5, 0.6) is 0 Å². The lowest BCUT2D eigenvalue weighted by Gasteiger charge is -2.30. The van der Waals surface area contributed by atoms with Crippen molar-refractivity contribution in [1.82, 2.24) is 5.32 Å². The van der Waals surface area contributed by atoms with E-state index in [1.165, 1.54) is 6.26 Å². The molecule has 0 aliphatic carbocycles. The van der Waals surface area contributed by atoms with Crippen LogP contribution in [-0.2, 0) is 9.84 Å². The molecule has 1 aromatic carbocycles. The van der Waals surface area contributed by atoms with Crippen molar-refractivity contribution in [3.8, 4) is 0 Å². The molecule has 2 unspecified atom stereocenters. The van der Waals surface area contributed by atoms with Crippen molar-refractivity contribution in [1.29, 1.82) is 0 Å². The third-order valence-corrected chi connectivity index (χ3v) is 4.63. The van der Waals surface area contributed by atoms with E-state index in [0.717, 1.165) is 12.1 Å². The van der Waals surface area contributed by atoms with Gasteiger partial charge in [0.2, 0.25) is 0 Å². The third-order valence-electron chi connectivity index (χ3n) is 3.46. The topological polar surface area (TPSA) is 46.2 Å². The maximum absolute atomic E-state index is 11.9. The van der Waals surface area contributed by atoms with Gasteiger partial charge in [-0.15, -0.1) is 0 Å². The molecule has 0 radical (unpaired) electrons. The molecule has 1 rings (SSSR count). The summed E-state index contributed by atoms with van der Waals surface area (Å²) in [6, 6.07) is 7.59. The molecule has 3 nitrogen and oxygen atoms in total. The lowest BCUT2D eigenvalue weighted by molar-refractivity contribution is 0.378. The molecule has 0 aliphatic heterocycles. The Kier molecular flexibility index (Phi) is 5.56. The summed E-state index contributed by atoms with van der Waals surface area (Å²) in [6.07, 6.45) is 1.28. The van der Waals surface area contributed by atoms with Crippen LogP contribution < -0.4 is 5.32 Å². The monoisotopic (exact) mass is 283 g/mol. The first kappa shape index (κ1) is 16.2. The van der Waals surface area contributed by atoms with Crippen LogP contribution in [0.1, 0.15) is 39.2 Å². The van der Waals surface area contributed by atoms with Crippen molar-refractivity contribution in [3.63, 3.8) is 0 Å². The molecular formula is C15H25NO2S. The number of hydrogen-bond donors (Lipinski definition) is 1. The predicted molar refractivity (Wildman–Crippen MR) is 80.3 cm³/mol. The molecule has 0 bridgehead atoms. The largest absolute Gasteiger partial charge is 0.314 e. The van der Waals surface area contributed by atoms with Gasteiger partial charge in [0.25, 0.3) is 0 Å². The van der Waals surface area contributed by atoms with E-state index in [1.54, 1.807) is 12.1 Å². The highest BCUT2D eigenvalue weighted by Crippen LogP contribution is 2.32. The Balaban J connectivity index is 3.32. The van der Waals surface area contributed by atoms with Gasteiger partial charge in [-0.25, -0.2) is 8.42 Å². The summed E-state index contributed by atoms with van der Waals surface area (Å²) in [5, 5.41) is 3.41. The van der Waals surface area contributed by atoms with Gasteiger partial charge in [-0.3, -0.25) is 0 Å². The summed E-state index contributed by atoms with van der Waals surface area (Å²) < 4.78 is 23.9. The van der Waals surface area contributed by atoms with Crippen molar-refractivity contribution in [2.24, 2.45) is 5.92 Å². The van der Waals surface area contributed by atoms with Gasteiger partial charge in [-0.1, -0.05) is 39.0 Å². The number of likely N-dealkylation sites (N-methyl/N-ethyl adjacent to an activating group) is 1. The van der Waals surface area contributed by atoms with Crippen LogP contribution >= 0.6 is 0 Å². The van der Waals surface area contributed by atoms with Gasteiger partial charge in [0.15, 0.2) is 9.84 Å². The van der Waals surface area contributed by atoms with E-state index in [9.17, 15) is 8.42 Å². The van der Waals surface area contributed by atoms with Crippen molar-refractivity contribution in [2.45, 2.75) is 44.6 Å². The van der Waals surface area contributed by atoms with E-state index < -0.39 is 9.84 Å². The van der Waals surface area contributed by atoms with Crippen molar-refractivity contribution >= 4 is 9.84 Å². The normalized spacial score (nSPS) is 15.5. The molecule has 0 amide bonds. The maximum Gasteiger partial charge on any atom is 0.175 e. The second-order valence-corrected chi connectivity index (χ2v) is 7.41. The first-order valence-corrected chi connectivity index (χ1v) is 8.70. The smallest absolute Gasteiger partial charge is 0.175 e. The molecule has 0 spiro atoms. The number of sulfone groups is 1. The first-order valence-electron chi connectivity index (χ1n) is 6.81. The van der Waals surface area contributed by atoms with Gasteiger partial charge in [0.05, 0.1) is 4.90 Å². The molecule has 0 fully saturated rings. The fourth-order valence-corrected chi connectivity index (χ4v) is 3.71. The van der Waals surface area contributed by atoms with Crippen molar-refractivity contribution in [3.05, 3.63) is 29.8 Å². The lowest BCUT2D eigenvalue weighted by atomic mass is 9.83. The van der Waals surface area contributed by atoms with Crippen LogP contribution in [0.15, 0.2) is 29.2 Å². The van der Waals surface area contributed by atoms with Gasteiger partial charge in [-0.2, -0.15) is 0 Å². The molecule has 0 saturated heterocycles. The number of rotatable bonds is 6. The van der Waals surface area contributed by atoms with E-state index in [1.807, 2.05) is 12.1 Å². The molecule has 0 saturated carbocycles. The Morgan fingerprint density at radius 3 is 2.21 bits per heavy atom. The molecule has 1 N–H and O–H groups in total. The average molecular weight is 283 g/mol. The minimum Gasteiger partial charge on any atom is -0.314 e. The summed E-state index contributed by atoms with van der Waals surface area (Å²) in [5.41, 5.74) is 0.924. The van der Waals surface area contributed by atoms with Crippen LogP contribution in [0.2, 0.25) is 0 Å². The molecule has 19 heavy (non-hydrogen) atoms. The second-order valence-electron chi connectivity index (χ2n) is 5.43. The molecule has 0 aromatic heterocycles. The highest BCUT2D eigenvalue weighted by atomic mass is 32.2. The molecule has 0 aliphatic rings. The molecular weight excluding hydrogens is 258 g/mol. The minimum atomic E-state index is -3.19. The first-order chi connectivity index (χ1) is 8.79. The minimum absolute atomic E-state index is 0.186. The summed E-state index contributed by atoms with van der Waals surface area (Å²) >= 11 is 0. The molecule has 108 valence electrons. The summed E-state index contributed by atoms with van der Waals surface area (Å²) in [5.74, 6) is 0.558. The second kappa shape index (κ2) is 6.53. The summed E-state index contributed by atoms with van der Waals surface area (Å²) in [6.45, 7) is 9.34. The fraction of sp³-hybridized carbons (Fsp3) is 0.600. The van der Waals surface area contributed by atoms with Crippen molar-refractivity contribution in [2.75, 3.05) is 12.8 Å². The predicted octanol–water partition coefficient (Wildman–Crippen LogP) is 2.83. The standard InChI is InChI=1S/C15H25NO2S/c1-6-16-12(4)15(11(2)3)13-9-7-8-10-14(13)19(5,17)18/h7-12,15-16H,6H2,1-5H3. The van der Waals surface area contributed by atoms with Crippen LogP contribution in [-0.4, -0.2) is 27.3 Å². The lowest BCUT2D eigenvalue weighted by Crippen LogP contribution is -2.35. The van der Waals surface area contributed by atoms with Crippen molar-refractivity contribution < 1.29 is 8.42 Å². The zero-order chi connectivity index (χ0) is 14.6. The summed E-state index contributed by atoms with van der Waals surface area (Å²) in [4.78, 5) is 0.457. The summed E-state index contributed by atoms with van der Waals surface area (Å²) in [7, 11) is -3.19. The van der Waals surface area contributed by atoms with E-state index in [4.69, 9.17) is 0 Å².